The number of hydrogen-bond acceptors (Lipinski definition) is 4. The first-order valence-electron chi connectivity index (χ1n) is 5.33. The molecule has 0 aliphatic carbocycles. The van der Waals surface area contributed by atoms with E-state index in [1.54, 1.807) is 29.2 Å². The standard InChI is InChI=1S/C12H17NO2S2/c1-9(11(8-14)16-2)13-12(15)6-5-10-4-3-7-17-10/h3-7,9,11,14H,8H2,1-2H3,(H,13,15)/b6-5+. The van der Waals surface area contributed by atoms with Gasteiger partial charge in [0.15, 0.2) is 0 Å². The van der Waals surface area contributed by atoms with Gasteiger partial charge >= 0.3 is 0 Å². The highest BCUT2D eigenvalue weighted by molar-refractivity contribution is 7.99. The van der Waals surface area contributed by atoms with Crippen LogP contribution in [0.1, 0.15) is 11.8 Å². The molecule has 1 heterocycles. The topological polar surface area (TPSA) is 49.3 Å². The maximum Gasteiger partial charge on any atom is 0.244 e. The van der Waals surface area contributed by atoms with Crippen LogP contribution in [0.15, 0.2) is 23.6 Å². The Kier molecular flexibility index (Phi) is 6.32. The summed E-state index contributed by atoms with van der Waals surface area (Å²) in [4.78, 5) is 12.7. The quantitative estimate of drug-likeness (QED) is 0.778. The Labute approximate surface area is 110 Å². The molecule has 2 atom stereocenters. The number of aliphatic hydroxyl groups is 1. The lowest BCUT2D eigenvalue weighted by atomic mass is 10.2. The zero-order valence-corrected chi connectivity index (χ0v) is 11.6. The average Bonchev–Trinajstić information content (AvgIpc) is 2.81. The molecule has 0 aliphatic heterocycles. The number of carbonyl (C=O) groups is 1. The number of nitrogens with one attached hydrogen (secondary N) is 1. The van der Waals surface area contributed by atoms with Crippen molar-refractivity contribution in [1.29, 1.82) is 0 Å². The Morgan fingerprint density at radius 3 is 3.00 bits per heavy atom. The van der Waals surface area contributed by atoms with Gasteiger partial charge in [-0.25, -0.2) is 0 Å². The average molecular weight is 271 g/mol. The third-order valence-electron chi connectivity index (χ3n) is 2.35. The second kappa shape index (κ2) is 7.53. The van der Waals surface area contributed by atoms with Crippen molar-refractivity contribution in [3.05, 3.63) is 28.5 Å². The van der Waals surface area contributed by atoms with E-state index in [0.29, 0.717) is 0 Å². The third-order valence-corrected chi connectivity index (χ3v) is 4.35. The summed E-state index contributed by atoms with van der Waals surface area (Å²) in [6.07, 6.45) is 5.24. The molecule has 1 aromatic heterocycles. The molecular formula is C12H17NO2S2. The number of thiophene rings is 1. The minimum absolute atomic E-state index is 0.0362. The smallest absolute Gasteiger partial charge is 0.244 e. The Morgan fingerprint density at radius 2 is 2.47 bits per heavy atom. The Morgan fingerprint density at radius 1 is 1.71 bits per heavy atom. The number of amides is 1. The van der Waals surface area contributed by atoms with Gasteiger partial charge in [-0.15, -0.1) is 11.3 Å². The van der Waals surface area contributed by atoms with Crippen LogP contribution in [0.5, 0.6) is 0 Å². The number of rotatable bonds is 6. The molecule has 1 aromatic rings. The number of hydrogen-bond donors (Lipinski definition) is 2. The number of aliphatic hydroxyl groups excluding tert-OH is 1. The summed E-state index contributed by atoms with van der Waals surface area (Å²) < 4.78 is 0. The first-order valence-corrected chi connectivity index (χ1v) is 7.50. The first kappa shape index (κ1) is 14.3. The lowest BCUT2D eigenvalue weighted by Gasteiger charge is -2.20. The lowest BCUT2D eigenvalue weighted by Crippen LogP contribution is -2.40. The minimum Gasteiger partial charge on any atom is -0.395 e. The molecule has 5 heteroatoms. The van der Waals surface area contributed by atoms with E-state index in [4.69, 9.17) is 5.11 Å². The summed E-state index contributed by atoms with van der Waals surface area (Å²) in [5, 5.41) is 13.9. The van der Waals surface area contributed by atoms with Crippen molar-refractivity contribution in [2.75, 3.05) is 12.9 Å². The van der Waals surface area contributed by atoms with Crippen LogP contribution in [0.4, 0.5) is 0 Å². The van der Waals surface area contributed by atoms with Gasteiger partial charge in [0.05, 0.1) is 6.61 Å². The van der Waals surface area contributed by atoms with Crippen LogP contribution < -0.4 is 5.32 Å². The maximum absolute atomic E-state index is 11.6. The van der Waals surface area contributed by atoms with Crippen molar-refractivity contribution in [3.63, 3.8) is 0 Å². The van der Waals surface area contributed by atoms with Crippen LogP contribution in [-0.4, -0.2) is 35.2 Å². The summed E-state index contributed by atoms with van der Waals surface area (Å²) in [6, 6.07) is 3.85. The SMILES string of the molecule is CSC(CO)C(C)NC(=O)/C=C/c1cccs1. The Hall–Kier alpha value is -0.780. The highest BCUT2D eigenvalue weighted by atomic mass is 32.2. The largest absolute Gasteiger partial charge is 0.395 e. The molecule has 0 spiro atoms. The monoisotopic (exact) mass is 271 g/mol. The molecule has 3 nitrogen and oxygen atoms in total. The van der Waals surface area contributed by atoms with Crippen LogP contribution in [0.2, 0.25) is 0 Å². The Balaban J connectivity index is 2.44. The number of carbonyl (C=O) groups excluding carboxylic acids is 1. The normalized spacial score (nSPS) is 14.8. The summed E-state index contributed by atoms with van der Waals surface area (Å²) >= 11 is 3.14. The van der Waals surface area contributed by atoms with Crippen molar-refractivity contribution >= 4 is 35.1 Å². The molecule has 1 rings (SSSR count). The van der Waals surface area contributed by atoms with Crippen LogP contribution >= 0.6 is 23.1 Å². The first-order chi connectivity index (χ1) is 8.17. The summed E-state index contributed by atoms with van der Waals surface area (Å²) in [7, 11) is 0. The second-order valence-corrected chi connectivity index (χ2v) is 5.66. The lowest BCUT2D eigenvalue weighted by molar-refractivity contribution is -0.117. The van der Waals surface area contributed by atoms with Gasteiger partial charge in [-0.1, -0.05) is 6.07 Å². The van der Waals surface area contributed by atoms with Gasteiger partial charge < -0.3 is 10.4 Å². The molecular weight excluding hydrogens is 254 g/mol. The van der Waals surface area contributed by atoms with E-state index in [1.807, 2.05) is 30.7 Å². The van der Waals surface area contributed by atoms with E-state index in [9.17, 15) is 4.79 Å². The highest BCUT2D eigenvalue weighted by Crippen LogP contribution is 2.11. The van der Waals surface area contributed by atoms with E-state index in [2.05, 4.69) is 5.32 Å². The fourth-order valence-corrected chi connectivity index (χ4v) is 2.59. The van der Waals surface area contributed by atoms with Gasteiger partial charge in [-0.05, 0) is 30.7 Å². The van der Waals surface area contributed by atoms with Gasteiger partial charge in [0.25, 0.3) is 0 Å². The zero-order chi connectivity index (χ0) is 12.7. The van der Waals surface area contributed by atoms with E-state index in [1.165, 1.54) is 6.08 Å². The van der Waals surface area contributed by atoms with E-state index in [0.717, 1.165) is 4.88 Å². The van der Waals surface area contributed by atoms with Gasteiger partial charge in [0, 0.05) is 22.2 Å². The third kappa shape index (κ3) is 4.93. The predicted molar refractivity (Wildman–Crippen MR) is 75.3 cm³/mol. The molecule has 0 saturated heterocycles. The van der Waals surface area contributed by atoms with Gasteiger partial charge in [-0.2, -0.15) is 11.8 Å². The number of thioether (sulfide) groups is 1. The Bertz CT molecular complexity index is 359. The molecule has 0 bridgehead atoms. The van der Waals surface area contributed by atoms with Crippen molar-refractivity contribution in [1.82, 2.24) is 5.32 Å². The molecule has 17 heavy (non-hydrogen) atoms. The molecule has 0 fully saturated rings. The summed E-state index contributed by atoms with van der Waals surface area (Å²) in [5.74, 6) is -0.126. The molecule has 0 radical (unpaired) electrons. The summed E-state index contributed by atoms with van der Waals surface area (Å²) in [6.45, 7) is 1.96. The van der Waals surface area contributed by atoms with Crippen molar-refractivity contribution in [2.24, 2.45) is 0 Å². The highest BCUT2D eigenvalue weighted by Gasteiger charge is 2.15. The molecule has 1 amide bonds. The van der Waals surface area contributed by atoms with Crippen LogP contribution in [-0.2, 0) is 4.79 Å². The van der Waals surface area contributed by atoms with Gasteiger partial charge in [0.2, 0.25) is 5.91 Å². The van der Waals surface area contributed by atoms with Gasteiger partial charge in [-0.3, -0.25) is 4.79 Å². The molecule has 94 valence electrons. The van der Waals surface area contributed by atoms with Crippen molar-refractivity contribution < 1.29 is 9.90 Å². The minimum atomic E-state index is -0.126. The maximum atomic E-state index is 11.6. The molecule has 2 N–H and O–H groups in total. The molecule has 0 saturated carbocycles. The van der Waals surface area contributed by atoms with E-state index < -0.39 is 0 Å². The zero-order valence-electron chi connectivity index (χ0n) is 9.92. The fraction of sp³-hybridized carbons (Fsp3) is 0.417. The van der Waals surface area contributed by atoms with Crippen LogP contribution in [0.25, 0.3) is 6.08 Å². The van der Waals surface area contributed by atoms with Crippen LogP contribution in [0.3, 0.4) is 0 Å². The molecule has 0 aliphatic rings. The van der Waals surface area contributed by atoms with Crippen molar-refractivity contribution in [2.45, 2.75) is 18.2 Å². The fourth-order valence-electron chi connectivity index (χ4n) is 1.35. The van der Waals surface area contributed by atoms with E-state index in [-0.39, 0.29) is 23.8 Å². The predicted octanol–water partition coefficient (Wildman–Crippen LogP) is 1.99. The van der Waals surface area contributed by atoms with E-state index >= 15 is 0 Å². The molecule has 2 unspecified atom stereocenters. The van der Waals surface area contributed by atoms with Crippen LogP contribution in [0, 0.1) is 0 Å². The van der Waals surface area contributed by atoms with Crippen molar-refractivity contribution in [3.8, 4) is 0 Å². The second-order valence-electron chi connectivity index (χ2n) is 3.60. The molecule has 0 aromatic carbocycles. The summed E-state index contributed by atoms with van der Waals surface area (Å²) in [5.41, 5.74) is 0. The van der Waals surface area contributed by atoms with Gasteiger partial charge in [0.1, 0.15) is 0 Å².